The van der Waals surface area contributed by atoms with Crippen LogP contribution in [-0.2, 0) is 0 Å². The molecular formula is C26H32N4O3S. The van der Waals surface area contributed by atoms with E-state index in [2.05, 4.69) is 49.5 Å². The van der Waals surface area contributed by atoms with Crippen molar-refractivity contribution < 1.29 is 14.6 Å². The number of carbonyl (C=O) groups is 1. The third-order valence-corrected chi connectivity index (χ3v) is 6.14. The Labute approximate surface area is 205 Å². The summed E-state index contributed by atoms with van der Waals surface area (Å²) >= 11 is 1.25. The smallest absolute Gasteiger partial charge is 0.335 e. The van der Waals surface area contributed by atoms with Crippen LogP contribution in [0, 0.1) is 26.7 Å². The van der Waals surface area contributed by atoms with Gasteiger partial charge in [-0.05, 0) is 74.4 Å². The molecular weight excluding hydrogens is 448 g/mol. The molecule has 1 unspecified atom stereocenters. The molecule has 1 atom stereocenters. The van der Waals surface area contributed by atoms with Crippen LogP contribution in [0.25, 0.3) is 11.3 Å². The van der Waals surface area contributed by atoms with Crippen LogP contribution in [0.15, 0.2) is 47.4 Å². The number of nitrogens with zero attached hydrogens (tertiary/aromatic N) is 2. The number of anilines is 1. The van der Waals surface area contributed by atoms with Crippen molar-refractivity contribution in [2.24, 2.45) is 11.7 Å². The summed E-state index contributed by atoms with van der Waals surface area (Å²) in [5.74, 6) is 0.362. The number of aryl methyl sites for hydroxylation is 2. The molecule has 0 saturated carbocycles. The normalized spacial score (nSPS) is 12.0. The Morgan fingerprint density at radius 2 is 1.79 bits per heavy atom. The van der Waals surface area contributed by atoms with Crippen molar-refractivity contribution in [2.45, 2.75) is 52.0 Å². The monoisotopic (exact) mass is 480 g/mol. The van der Waals surface area contributed by atoms with Crippen LogP contribution in [-0.4, -0.2) is 33.7 Å². The molecule has 0 aliphatic heterocycles. The predicted octanol–water partition coefficient (Wildman–Crippen LogP) is 5.64. The minimum atomic E-state index is -0.972. The first kappa shape index (κ1) is 25.5. The zero-order chi connectivity index (χ0) is 24.8. The van der Waals surface area contributed by atoms with Crippen LogP contribution in [0.5, 0.6) is 5.88 Å². The molecule has 0 amide bonds. The SMILES string of the molecule is Cc1cccc(C)c1-c1nc(NSc2cccc(C(=O)O)c2)nc(OCC(N)CC(C)C)c1C. The van der Waals surface area contributed by atoms with Crippen LogP contribution in [0.3, 0.4) is 0 Å². The molecule has 4 N–H and O–H groups in total. The molecule has 0 spiro atoms. The number of rotatable bonds is 10. The summed E-state index contributed by atoms with van der Waals surface area (Å²) in [7, 11) is 0. The maximum absolute atomic E-state index is 11.3. The number of ether oxygens (including phenoxy) is 1. The highest BCUT2D eigenvalue weighted by molar-refractivity contribution is 8.00. The summed E-state index contributed by atoms with van der Waals surface area (Å²) in [6.07, 6.45) is 0.856. The highest BCUT2D eigenvalue weighted by atomic mass is 32.2. The fourth-order valence-corrected chi connectivity index (χ4v) is 4.40. The van der Waals surface area contributed by atoms with Gasteiger partial charge < -0.3 is 15.6 Å². The molecule has 7 nitrogen and oxygen atoms in total. The highest BCUT2D eigenvalue weighted by Gasteiger charge is 2.18. The lowest BCUT2D eigenvalue weighted by atomic mass is 9.97. The summed E-state index contributed by atoms with van der Waals surface area (Å²) in [6, 6.07) is 12.7. The molecule has 0 fully saturated rings. The number of carboxylic acids is 1. The lowest BCUT2D eigenvalue weighted by molar-refractivity contribution is 0.0696. The molecule has 2 aromatic carbocycles. The number of hydrogen-bond acceptors (Lipinski definition) is 7. The summed E-state index contributed by atoms with van der Waals surface area (Å²) in [4.78, 5) is 21.4. The van der Waals surface area contributed by atoms with Crippen LogP contribution in [0.2, 0.25) is 0 Å². The topological polar surface area (TPSA) is 110 Å². The fraction of sp³-hybridized carbons (Fsp3) is 0.346. The zero-order valence-electron chi connectivity index (χ0n) is 20.3. The third-order valence-electron chi connectivity index (χ3n) is 5.37. The summed E-state index contributed by atoms with van der Waals surface area (Å²) in [6.45, 7) is 10.7. The van der Waals surface area contributed by atoms with Crippen molar-refractivity contribution >= 4 is 23.9 Å². The van der Waals surface area contributed by atoms with E-state index in [0.717, 1.165) is 39.3 Å². The van der Waals surface area contributed by atoms with E-state index in [-0.39, 0.29) is 11.6 Å². The van der Waals surface area contributed by atoms with Gasteiger partial charge in [0.25, 0.3) is 0 Å². The number of nitrogens with two attached hydrogens (primary N) is 1. The number of benzene rings is 2. The maximum atomic E-state index is 11.3. The van der Waals surface area contributed by atoms with E-state index in [1.165, 1.54) is 11.9 Å². The molecule has 1 heterocycles. The number of nitrogens with one attached hydrogen (secondary N) is 1. The predicted molar refractivity (Wildman–Crippen MR) is 137 cm³/mol. The first-order valence-electron chi connectivity index (χ1n) is 11.3. The van der Waals surface area contributed by atoms with E-state index in [1.54, 1.807) is 18.2 Å². The van der Waals surface area contributed by atoms with Crippen LogP contribution in [0.4, 0.5) is 5.95 Å². The zero-order valence-corrected chi connectivity index (χ0v) is 21.1. The summed E-state index contributed by atoms with van der Waals surface area (Å²) < 4.78 is 9.24. The molecule has 1 aromatic heterocycles. The highest BCUT2D eigenvalue weighted by Crippen LogP contribution is 2.34. The lowest BCUT2D eigenvalue weighted by Crippen LogP contribution is -2.29. The van der Waals surface area contributed by atoms with Gasteiger partial charge >= 0.3 is 5.97 Å². The molecule has 3 rings (SSSR count). The van der Waals surface area contributed by atoms with Crippen LogP contribution < -0.4 is 15.2 Å². The Balaban J connectivity index is 1.95. The first-order valence-corrected chi connectivity index (χ1v) is 12.1. The molecule has 180 valence electrons. The second-order valence-electron chi connectivity index (χ2n) is 8.83. The van der Waals surface area contributed by atoms with Gasteiger partial charge in [0.15, 0.2) is 0 Å². The van der Waals surface area contributed by atoms with Gasteiger partial charge in [-0.15, -0.1) is 0 Å². The molecule has 3 aromatic rings. The van der Waals surface area contributed by atoms with E-state index in [1.807, 2.05) is 19.1 Å². The maximum Gasteiger partial charge on any atom is 0.335 e. The van der Waals surface area contributed by atoms with E-state index in [0.29, 0.717) is 24.4 Å². The quantitative estimate of drug-likeness (QED) is 0.320. The Morgan fingerprint density at radius 3 is 2.44 bits per heavy atom. The minimum absolute atomic E-state index is 0.0949. The Kier molecular flexibility index (Phi) is 8.52. The van der Waals surface area contributed by atoms with E-state index in [4.69, 9.17) is 15.5 Å². The van der Waals surface area contributed by atoms with Gasteiger partial charge in [-0.1, -0.05) is 38.1 Å². The molecule has 0 aliphatic carbocycles. The van der Waals surface area contributed by atoms with E-state index >= 15 is 0 Å². The van der Waals surface area contributed by atoms with Gasteiger partial charge in [-0.2, -0.15) is 4.98 Å². The number of aromatic nitrogens is 2. The van der Waals surface area contributed by atoms with Crippen molar-refractivity contribution in [3.63, 3.8) is 0 Å². The summed E-state index contributed by atoms with van der Waals surface area (Å²) in [5.41, 5.74) is 11.4. The van der Waals surface area contributed by atoms with Gasteiger partial charge in [-0.3, -0.25) is 4.72 Å². The average molecular weight is 481 g/mol. The van der Waals surface area contributed by atoms with Gasteiger partial charge in [0, 0.05) is 22.1 Å². The van der Waals surface area contributed by atoms with Gasteiger partial charge in [0.1, 0.15) is 6.61 Å². The van der Waals surface area contributed by atoms with Gasteiger partial charge in [-0.25, -0.2) is 9.78 Å². The fourth-order valence-electron chi connectivity index (χ4n) is 3.77. The molecule has 34 heavy (non-hydrogen) atoms. The van der Waals surface area contributed by atoms with Gasteiger partial charge in [0.05, 0.1) is 11.3 Å². The van der Waals surface area contributed by atoms with Crippen molar-refractivity contribution in [2.75, 3.05) is 11.3 Å². The van der Waals surface area contributed by atoms with E-state index < -0.39 is 5.97 Å². The Hall–Kier alpha value is -3.10. The van der Waals surface area contributed by atoms with Crippen molar-refractivity contribution in [1.29, 1.82) is 0 Å². The summed E-state index contributed by atoms with van der Waals surface area (Å²) in [5, 5.41) is 9.25. The Morgan fingerprint density at radius 1 is 1.12 bits per heavy atom. The second kappa shape index (κ2) is 11.4. The van der Waals surface area contributed by atoms with Crippen molar-refractivity contribution in [1.82, 2.24) is 9.97 Å². The third kappa shape index (κ3) is 6.48. The van der Waals surface area contributed by atoms with Crippen LogP contribution in [0.1, 0.15) is 47.3 Å². The Bertz CT molecular complexity index is 1150. The van der Waals surface area contributed by atoms with Crippen LogP contribution >= 0.6 is 11.9 Å². The lowest BCUT2D eigenvalue weighted by Gasteiger charge is -2.19. The van der Waals surface area contributed by atoms with Crippen molar-refractivity contribution in [3.8, 4) is 17.1 Å². The molecule has 8 heteroatoms. The molecule has 0 radical (unpaired) electrons. The standard InChI is InChI=1S/C26H32N4O3S/c1-15(2)12-20(27)14-33-24-18(5)23(22-16(3)8-6-9-17(22)4)28-26(29-24)30-34-21-11-7-10-19(13-21)25(31)32/h6-11,13,15,20H,12,14,27H2,1-5H3,(H,31,32)(H,28,29,30). The molecule has 0 aliphatic rings. The number of carboxylic acid groups (broad SMARTS) is 1. The second-order valence-corrected chi connectivity index (χ2v) is 9.71. The molecule has 0 bridgehead atoms. The minimum Gasteiger partial charge on any atom is -0.478 e. The average Bonchev–Trinajstić information content (AvgIpc) is 2.78. The van der Waals surface area contributed by atoms with Crippen molar-refractivity contribution in [3.05, 3.63) is 64.7 Å². The van der Waals surface area contributed by atoms with Gasteiger partial charge in [0.2, 0.25) is 11.8 Å². The van der Waals surface area contributed by atoms with E-state index in [9.17, 15) is 9.90 Å². The number of aromatic carboxylic acids is 1. The largest absolute Gasteiger partial charge is 0.478 e. The number of hydrogen-bond donors (Lipinski definition) is 3. The first-order chi connectivity index (χ1) is 16.2. The molecule has 0 saturated heterocycles.